The summed E-state index contributed by atoms with van der Waals surface area (Å²) in [7, 11) is -5.66. The number of nitrogens with one attached hydrogen (secondary N) is 2. The number of alkyl halides is 3. The number of hydrogen-bond acceptors (Lipinski definition) is 6. The normalized spacial score (nSPS) is 20.3. The number of nitro groups is 1. The second kappa shape index (κ2) is 6.62. The van der Waals surface area contributed by atoms with Gasteiger partial charge in [-0.15, -0.1) is 0 Å². The van der Waals surface area contributed by atoms with Crippen molar-refractivity contribution < 1.29 is 26.5 Å². The second-order valence-electron chi connectivity index (χ2n) is 8.03. The lowest BCUT2D eigenvalue weighted by atomic mass is 9.79. The fraction of sp³-hybridized carbons (Fsp3) is 0.625. The van der Waals surface area contributed by atoms with Crippen molar-refractivity contribution in [1.29, 1.82) is 0 Å². The molecular formula is C16H22F3N3O4S. The van der Waals surface area contributed by atoms with E-state index in [1.165, 1.54) is 0 Å². The van der Waals surface area contributed by atoms with E-state index in [4.69, 9.17) is 0 Å². The van der Waals surface area contributed by atoms with Crippen molar-refractivity contribution in [1.82, 2.24) is 5.32 Å². The number of piperidine rings is 1. The lowest BCUT2D eigenvalue weighted by Crippen LogP contribution is -2.60. The maximum atomic E-state index is 12.7. The Kier molecular flexibility index (Phi) is 5.25. The van der Waals surface area contributed by atoms with Crippen molar-refractivity contribution in [3.05, 3.63) is 28.3 Å². The number of benzene rings is 1. The van der Waals surface area contributed by atoms with Gasteiger partial charge in [0.05, 0.1) is 9.82 Å². The van der Waals surface area contributed by atoms with E-state index in [1.807, 2.05) is 27.7 Å². The molecule has 0 saturated carbocycles. The molecule has 0 aliphatic carbocycles. The van der Waals surface area contributed by atoms with Gasteiger partial charge in [0, 0.05) is 23.2 Å². The molecule has 1 aliphatic rings. The van der Waals surface area contributed by atoms with Gasteiger partial charge in [0.2, 0.25) is 0 Å². The molecule has 1 saturated heterocycles. The molecule has 2 N–H and O–H groups in total. The van der Waals surface area contributed by atoms with Crippen molar-refractivity contribution in [3.8, 4) is 0 Å². The van der Waals surface area contributed by atoms with Crippen LogP contribution in [0.25, 0.3) is 0 Å². The number of halogens is 3. The Morgan fingerprint density at radius 3 is 2.15 bits per heavy atom. The smallest absolute Gasteiger partial charge is 0.377 e. The van der Waals surface area contributed by atoms with Gasteiger partial charge in [-0.25, -0.2) is 8.42 Å². The summed E-state index contributed by atoms with van der Waals surface area (Å²) >= 11 is 0. The molecule has 0 spiro atoms. The number of nitrogens with zero attached hydrogens (tertiary/aromatic N) is 1. The summed E-state index contributed by atoms with van der Waals surface area (Å²) in [6.07, 6.45) is 1.24. The monoisotopic (exact) mass is 409 g/mol. The van der Waals surface area contributed by atoms with Crippen LogP contribution in [0, 0.1) is 10.1 Å². The highest BCUT2D eigenvalue weighted by Crippen LogP contribution is 2.37. The fourth-order valence-electron chi connectivity index (χ4n) is 3.73. The van der Waals surface area contributed by atoms with E-state index in [9.17, 15) is 31.7 Å². The lowest BCUT2D eigenvalue weighted by molar-refractivity contribution is -0.384. The Morgan fingerprint density at radius 2 is 1.70 bits per heavy atom. The first-order valence-electron chi connectivity index (χ1n) is 8.20. The predicted molar refractivity (Wildman–Crippen MR) is 94.3 cm³/mol. The van der Waals surface area contributed by atoms with Crippen LogP contribution in [0.1, 0.15) is 40.5 Å². The van der Waals surface area contributed by atoms with Gasteiger partial charge in [-0.05, 0) is 52.7 Å². The van der Waals surface area contributed by atoms with Gasteiger partial charge in [0.25, 0.3) is 15.5 Å². The zero-order chi connectivity index (χ0) is 20.8. The zero-order valence-electron chi connectivity index (χ0n) is 15.3. The maximum absolute atomic E-state index is 12.7. The van der Waals surface area contributed by atoms with Crippen LogP contribution in [0.3, 0.4) is 0 Å². The molecule has 0 bridgehead atoms. The van der Waals surface area contributed by atoms with Gasteiger partial charge >= 0.3 is 5.51 Å². The molecule has 0 aromatic heterocycles. The molecule has 152 valence electrons. The molecule has 0 unspecified atom stereocenters. The molecule has 1 heterocycles. The van der Waals surface area contributed by atoms with E-state index in [1.54, 1.807) is 0 Å². The van der Waals surface area contributed by atoms with Crippen LogP contribution in [0.5, 0.6) is 0 Å². The van der Waals surface area contributed by atoms with Crippen molar-refractivity contribution >= 4 is 21.2 Å². The highest BCUT2D eigenvalue weighted by Gasteiger charge is 2.47. The van der Waals surface area contributed by atoms with Crippen LogP contribution in [0.15, 0.2) is 23.1 Å². The summed E-state index contributed by atoms with van der Waals surface area (Å²) < 4.78 is 61.2. The van der Waals surface area contributed by atoms with Crippen LogP contribution < -0.4 is 10.6 Å². The van der Waals surface area contributed by atoms with E-state index in [-0.39, 0.29) is 22.8 Å². The van der Waals surface area contributed by atoms with Crippen molar-refractivity contribution in [2.75, 3.05) is 5.32 Å². The minimum atomic E-state index is -5.66. The highest BCUT2D eigenvalue weighted by molar-refractivity contribution is 7.92. The Balaban J connectivity index is 2.40. The van der Waals surface area contributed by atoms with Crippen molar-refractivity contribution in [2.45, 2.75) is 68.1 Å². The molecule has 2 rings (SSSR count). The molecule has 1 aromatic rings. The van der Waals surface area contributed by atoms with E-state index in [0.717, 1.165) is 12.1 Å². The topological polar surface area (TPSA) is 101 Å². The summed E-state index contributed by atoms with van der Waals surface area (Å²) in [6.45, 7) is 7.93. The Bertz CT molecular complexity index is 835. The SMILES string of the molecule is CC1(C)CC(Nc2ccc(S(=O)(=O)C(F)(F)F)cc2[N+](=O)[O-])CC(C)(C)N1. The average molecular weight is 409 g/mol. The average Bonchev–Trinajstić information content (AvgIpc) is 2.42. The third-order valence-electron chi connectivity index (χ3n) is 4.33. The van der Waals surface area contributed by atoms with Gasteiger partial charge in [-0.1, -0.05) is 0 Å². The number of rotatable bonds is 4. The van der Waals surface area contributed by atoms with Crippen LogP contribution in [-0.2, 0) is 9.84 Å². The molecule has 0 radical (unpaired) electrons. The molecular weight excluding hydrogens is 387 g/mol. The van der Waals surface area contributed by atoms with Crippen LogP contribution in [0.2, 0.25) is 0 Å². The first kappa shape index (κ1) is 21.4. The van der Waals surface area contributed by atoms with Gasteiger partial charge in [-0.2, -0.15) is 13.2 Å². The highest BCUT2D eigenvalue weighted by atomic mass is 32.2. The quantitative estimate of drug-likeness (QED) is 0.582. The lowest BCUT2D eigenvalue weighted by Gasteiger charge is -2.46. The fourth-order valence-corrected chi connectivity index (χ4v) is 4.51. The molecule has 0 amide bonds. The number of nitro benzene ring substituents is 1. The molecule has 1 fully saturated rings. The second-order valence-corrected chi connectivity index (χ2v) is 9.97. The van der Waals surface area contributed by atoms with Gasteiger partial charge in [0.15, 0.2) is 0 Å². The van der Waals surface area contributed by atoms with Crippen molar-refractivity contribution in [3.63, 3.8) is 0 Å². The number of anilines is 1. The number of hydrogen-bond donors (Lipinski definition) is 2. The first-order chi connectivity index (χ1) is 12.0. The van der Waals surface area contributed by atoms with E-state index in [2.05, 4.69) is 10.6 Å². The Hall–Kier alpha value is -1.88. The van der Waals surface area contributed by atoms with E-state index < -0.39 is 30.9 Å². The first-order valence-corrected chi connectivity index (χ1v) is 9.68. The number of sulfone groups is 1. The minimum absolute atomic E-state index is 0.0142. The van der Waals surface area contributed by atoms with Gasteiger partial charge < -0.3 is 10.6 Å². The summed E-state index contributed by atoms with van der Waals surface area (Å²) in [4.78, 5) is 9.28. The minimum Gasteiger partial charge on any atom is -0.377 e. The largest absolute Gasteiger partial charge is 0.501 e. The molecule has 1 aromatic carbocycles. The van der Waals surface area contributed by atoms with Crippen LogP contribution in [0.4, 0.5) is 24.5 Å². The Morgan fingerprint density at radius 1 is 1.19 bits per heavy atom. The molecule has 7 nitrogen and oxygen atoms in total. The third-order valence-corrected chi connectivity index (χ3v) is 5.81. The van der Waals surface area contributed by atoms with Crippen LogP contribution >= 0.6 is 0 Å². The Labute approximate surface area is 155 Å². The zero-order valence-corrected chi connectivity index (χ0v) is 16.2. The maximum Gasteiger partial charge on any atom is 0.501 e. The predicted octanol–water partition coefficient (Wildman–Crippen LogP) is 3.61. The summed E-state index contributed by atoms with van der Waals surface area (Å²) in [6, 6.07) is 2.01. The van der Waals surface area contributed by atoms with E-state index in [0.29, 0.717) is 18.9 Å². The molecule has 27 heavy (non-hydrogen) atoms. The van der Waals surface area contributed by atoms with Gasteiger partial charge in [-0.3, -0.25) is 10.1 Å². The third kappa shape index (κ3) is 4.70. The van der Waals surface area contributed by atoms with Gasteiger partial charge in [0.1, 0.15) is 5.69 Å². The van der Waals surface area contributed by atoms with Crippen LogP contribution in [-0.4, -0.2) is 36.0 Å². The van der Waals surface area contributed by atoms with Crippen molar-refractivity contribution in [2.24, 2.45) is 0 Å². The molecule has 1 aliphatic heterocycles. The summed E-state index contributed by atoms with van der Waals surface area (Å²) in [5.41, 5.74) is -6.77. The summed E-state index contributed by atoms with van der Waals surface area (Å²) in [5.74, 6) is 0. The standard InChI is InChI=1S/C16H22F3N3O4S/c1-14(2)8-10(9-15(3,4)21-14)20-12-6-5-11(7-13(12)22(23)24)27(25,26)16(17,18)19/h5-7,10,20-21H,8-9H2,1-4H3. The molecule has 11 heteroatoms. The van der Waals surface area contributed by atoms with E-state index >= 15 is 0 Å². The molecule has 0 atom stereocenters. The summed E-state index contributed by atoms with van der Waals surface area (Å²) in [5, 5.41) is 17.8.